The maximum Gasteiger partial charge on any atom is 0.472 e. The molecule has 0 saturated carbocycles. The molecule has 0 aliphatic heterocycles. The number of unbranched alkanes of at least 4 members (excludes halogenated alkanes) is 36. The van der Waals surface area contributed by atoms with E-state index < -0.39 is 97.5 Å². The quantitative estimate of drug-likeness (QED) is 0.0222. The summed E-state index contributed by atoms with van der Waals surface area (Å²) in [4.78, 5) is 72.8. The molecule has 17 nitrogen and oxygen atoms in total. The molecular weight excluding hydrogens is 1230 g/mol. The molecule has 0 saturated heterocycles. The standard InChI is InChI=1S/C75H146O17P2/c1-9-67(7)53-45-37-29-21-17-13-11-12-14-18-23-32-41-49-57-74(79)91-70(61-85-72(77)55-47-39-31-22-19-15-16-20-27-35-43-51-65(3)4)63-89-93(81,82)87-59-69(76)60-88-94(83,84)90-64-71(62-86-73(78)56-48-40-34-26-28-36-44-52-66(5)6)92-75(80)58-50-42-33-25-24-30-38-46-54-68(8)10-2/h65-71,76H,9-64H2,1-8H3,(H,81,82)(H,83,84)/t67?,68?,69?,70-,71-/m1/s1. The molecule has 0 fully saturated rings. The summed E-state index contributed by atoms with van der Waals surface area (Å²) in [5.41, 5.74) is 0. The summed E-state index contributed by atoms with van der Waals surface area (Å²) < 4.78 is 68.5. The van der Waals surface area contributed by atoms with Crippen molar-refractivity contribution in [2.45, 2.75) is 395 Å². The molecule has 0 amide bonds. The lowest BCUT2D eigenvalue weighted by atomic mass is 9.99. The Morgan fingerprint density at radius 1 is 0.298 bits per heavy atom. The SMILES string of the molecule is CCC(C)CCCCCCCCCCCCCCCCC(=O)O[C@H](COC(=O)CCCCCCCCCCCCCC(C)C)COP(=O)(O)OCC(O)COP(=O)(O)OC[C@@H](COC(=O)CCCCCCCCCC(C)C)OC(=O)CCCCCCCCCCC(C)CC. The molecule has 0 bridgehead atoms. The highest BCUT2D eigenvalue weighted by molar-refractivity contribution is 7.47. The lowest BCUT2D eigenvalue weighted by molar-refractivity contribution is -0.161. The molecule has 0 aromatic carbocycles. The number of aliphatic hydroxyl groups excluding tert-OH is 1. The van der Waals surface area contributed by atoms with Gasteiger partial charge in [0.05, 0.1) is 26.4 Å². The number of aliphatic hydroxyl groups is 1. The van der Waals surface area contributed by atoms with Crippen molar-refractivity contribution in [3.63, 3.8) is 0 Å². The molecule has 0 aromatic rings. The lowest BCUT2D eigenvalue weighted by Gasteiger charge is -2.21. The number of phosphoric acid groups is 2. The Labute approximate surface area is 575 Å². The van der Waals surface area contributed by atoms with Gasteiger partial charge < -0.3 is 33.8 Å². The Balaban J connectivity index is 5.25. The summed E-state index contributed by atoms with van der Waals surface area (Å²) in [6.45, 7) is 14.2. The molecule has 7 atom stereocenters. The Bertz CT molecular complexity index is 1850. The largest absolute Gasteiger partial charge is 0.472 e. The fourth-order valence-electron chi connectivity index (χ4n) is 11.3. The minimum Gasteiger partial charge on any atom is -0.462 e. The first-order valence-corrected chi connectivity index (χ1v) is 41.8. The van der Waals surface area contributed by atoms with E-state index >= 15 is 0 Å². The number of rotatable bonds is 72. The second-order valence-corrected chi connectivity index (χ2v) is 31.4. The van der Waals surface area contributed by atoms with Crippen molar-refractivity contribution in [1.29, 1.82) is 0 Å². The predicted octanol–water partition coefficient (Wildman–Crippen LogP) is 21.7. The van der Waals surface area contributed by atoms with Crippen LogP contribution in [0.4, 0.5) is 0 Å². The number of phosphoric ester groups is 2. The molecule has 0 spiro atoms. The molecule has 19 heteroatoms. The third-order valence-electron chi connectivity index (χ3n) is 18.0. The topological polar surface area (TPSA) is 237 Å². The summed E-state index contributed by atoms with van der Waals surface area (Å²) in [5.74, 6) is 0.968. The molecule has 0 heterocycles. The summed E-state index contributed by atoms with van der Waals surface area (Å²) in [6.07, 6.45) is 48.5. The number of carbonyl (C=O) groups excluding carboxylic acids is 4. The Hall–Kier alpha value is -1.94. The van der Waals surface area contributed by atoms with Gasteiger partial charge in [-0.1, -0.05) is 325 Å². The first-order valence-electron chi connectivity index (χ1n) is 38.8. The van der Waals surface area contributed by atoms with Crippen LogP contribution in [0.3, 0.4) is 0 Å². The van der Waals surface area contributed by atoms with Gasteiger partial charge >= 0.3 is 39.5 Å². The van der Waals surface area contributed by atoms with E-state index in [9.17, 15) is 43.2 Å². The Morgan fingerprint density at radius 2 is 0.511 bits per heavy atom. The zero-order chi connectivity index (χ0) is 69.6. The van der Waals surface area contributed by atoms with Crippen LogP contribution in [0.2, 0.25) is 0 Å². The third kappa shape index (κ3) is 66.0. The van der Waals surface area contributed by atoms with E-state index in [1.54, 1.807) is 0 Å². The van der Waals surface area contributed by atoms with Crippen molar-refractivity contribution >= 4 is 39.5 Å². The van der Waals surface area contributed by atoms with Gasteiger partial charge in [-0.2, -0.15) is 0 Å². The zero-order valence-corrected chi connectivity index (χ0v) is 63.4. The molecule has 3 N–H and O–H groups in total. The van der Waals surface area contributed by atoms with Gasteiger partial charge in [-0.25, -0.2) is 9.13 Å². The highest BCUT2D eigenvalue weighted by atomic mass is 31.2. The number of ether oxygens (including phenoxy) is 4. The minimum absolute atomic E-state index is 0.104. The van der Waals surface area contributed by atoms with E-state index in [1.165, 1.54) is 173 Å². The summed E-state index contributed by atoms with van der Waals surface area (Å²) in [5, 5.41) is 10.6. The number of esters is 4. The molecule has 5 unspecified atom stereocenters. The molecule has 0 rings (SSSR count). The van der Waals surface area contributed by atoms with E-state index in [4.69, 9.17) is 37.0 Å². The molecule has 0 radical (unpaired) electrons. The highest BCUT2D eigenvalue weighted by Gasteiger charge is 2.30. The molecule has 0 aliphatic carbocycles. The van der Waals surface area contributed by atoms with Crippen LogP contribution >= 0.6 is 15.6 Å². The predicted molar refractivity (Wildman–Crippen MR) is 381 cm³/mol. The smallest absolute Gasteiger partial charge is 0.462 e. The Kier molecular flexibility index (Phi) is 63.1. The molecule has 0 aromatic heterocycles. The second kappa shape index (κ2) is 64.4. The average Bonchev–Trinajstić information content (AvgIpc) is 1.54. The highest BCUT2D eigenvalue weighted by Crippen LogP contribution is 2.45. The van der Waals surface area contributed by atoms with Crippen LogP contribution in [0.5, 0.6) is 0 Å². The van der Waals surface area contributed by atoms with E-state index in [0.29, 0.717) is 31.6 Å². The van der Waals surface area contributed by atoms with Crippen molar-refractivity contribution < 1.29 is 80.2 Å². The van der Waals surface area contributed by atoms with Crippen molar-refractivity contribution in [3.8, 4) is 0 Å². The van der Waals surface area contributed by atoms with Gasteiger partial charge in [0.15, 0.2) is 12.2 Å². The van der Waals surface area contributed by atoms with Gasteiger partial charge in [0.1, 0.15) is 19.3 Å². The van der Waals surface area contributed by atoms with Crippen molar-refractivity contribution in [1.82, 2.24) is 0 Å². The minimum atomic E-state index is -4.96. The number of hydrogen-bond donors (Lipinski definition) is 3. The van der Waals surface area contributed by atoms with Gasteiger partial charge in [0.25, 0.3) is 0 Å². The van der Waals surface area contributed by atoms with Crippen LogP contribution < -0.4 is 0 Å². The molecule has 94 heavy (non-hydrogen) atoms. The molecule has 558 valence electrons. The van der Waals surface area contributed by atoms with Crippen molar-refractivity contribution in [2.75, 3.05) is 39.6 Å². The van der Waals surface area contributed by atoms with Crippen LogP contribution in [0.1, 0.15) is 376 Å². The number of hydrogen-bond acceptors (Lipinski definition) is 15. The fraction of sp³-hybridized carbons (Fsp3) is 0.947. The normalized spacial score (nSPS) is 14.7. The lowest BCUT2D eigenvalue weighted by Crippen LogP contribution is -2.30. The van der Waals surface area contributed by atoms with Gasteiger partial charge in [-0.15, -0.1) is 0 Å². The van der Waals surface area contributed by atoms with Crippen molar-refractivity contribution in [2.24, 2.45) is 23.7 Å². The van der Waals surface area contributed by atoms with E-state index in [1.807, 2.05) is 0 Å². The zero-order valence-electron chi connectivity index (χ0n) is 61.6. The van der Waals surface area contributed by atoms with Crippen LogP contribution in [0, 0.1) is 23.7 Å². The van der Waals surface area contributed by atoms with Gasteiger partial charge in [-0.05, 0) is 49.4 Å². The van der Waals surface area contributed by atoms with E-state index in [-0.39, 0.29) is 25.7 Å². The first kappa shape index (κ1) is 92.1. The third-order valence-corrected chi connectivity index (χ3v) is 19.9. The first-order chi connectivity index (χ1) is 45.2. The van der Waals surface area contributed by atoms with E-state index in [2.05, 4.69) is 55.4 Å². The maximum absolute atomic E-state index is 13.1. The van der Waals surface area contributed by atoms with Gasteiger partial charge in [0, 0.05) is 25.7 Å². The summed E-state index contributed by atoms with van der Waals surface area (Å²) >= 11 is 0. The Morgan fingerprint density at radius 3 is 0.755 bits per heavy atom. The van der Waals surface area contributed by atoms with Gasteiger partial charge in [0.2, 0.25) is 0 Å². The second-order valence-electron chi connectivity index (χ2n) is 28.5. The van der Waals surface area contributed by atoms with Crippen LogP contribution in [-0.2, 0) is 65.4 Å². The molecular formula is C75H146O17P2. The monoisotopic (exact) mass is 1380 g/mol. The number of carbonyl (C=O) groups is 4. The summed E-state index contributed by atoms with van der Waals surface area (Å²) in [6, 6.07) is 0. The van der Waals surface area contributed by atoms with E-state index in [0.717, 1.165) is 114 Å². The molecule has 0 aliphatic rings. The summed E-state index contributed by atoms with van der Waals surface area (Å²) in [7, 11) is -9.91. The fourth-order valence-corrected chi connectivity index (χ4v) is 12.9. The van der Waals surface area contributed by atoms with Crippen molar-refractivity contribution in [3.05, 3.63) is 0 Å². The maximum atomic E-state index is 13.1. The van der Waals surface area contributed by atoms with Crippen LogP contribution in [0.15, 0.2) is 0 Å². The van der Waals surface area contributed by atoms with Crippen LogP contribution in [0.25, 0.3) is 0 Å². The average molecular weight is 1380 g/mol. The van der Waals surface area contributed by atoms with Crippen LogP contribution in [-0.4, -0.2) is 96.7 Å². The van der Waals surface area contributed by atoms with Gasteiger partial charge in [-0.3, -0.25) is 37.3 Å².